The number of nitro groups is 1. The number of likely N-dealkylation sites (N-methyl/N-ethyl adjacent to an activating group) is 1. The van der Waals surface area contributed by atoms with Crippen LogP contribution in [0, 0.1) is 10.1 Å². The van der Waals surface area contributed by atoms with E-state index in [9.17, 15) is 10.1 Å². The van der Waals surface area contributed by atoms with Crippen molar-refractivity contribution in [2.75, 3.05) is 7.05 Å². The van der Waals surface area contributed by atoms with Gasteiger partial charge in [-0.3, -0.25) is 15.0 Å². The highest BCUT2D eigenvalue weighted by molar-refractivity contribution is 5.21. The number of hydrogen-bond acceptors (Lipinski definition) is 4. The van der Waals surface area contributed by atoms with Crippen LogP contribution in [0.25, 0.3) is 0 Å². The van der Waals surface area contributed by atoms with Crippen LogP contribution >= 0.6 is 0 Å². The molecule has 86 valence electrons. The Balaban J connectivity index is 2.34. The molecule has 0 aromatic heterocycles. The maximum atomic E-state index is 11.0. The van der Waals surface area contributed by atoms with E-state index in [0.29, 0.717) is 0 Å². The lowest BCUT2D eigenvalue weighted by atomic mass is 9.98. The molecule has 1 aromatic rings. The Hall–Kier alpha value is -1.46. The van der Waals surface area contributed by atoms with Gasteiger partial charge in [-0.1, -0.05) is 30.3 Å². The lowest BCUT2D eigenvalue weighted by Gasteiger charge is -2.18. The molecule has 0 saturated carbocycles. The third-order valence-corrected chi connectivity index (χ3v) is 2.91. The highest BCUT2D eigenvalue weighted by Crippen LogP contribution is 2.34. The van der Waals surface area contributed by atoms with Gasteiger partial charge in [0.15, 0.2) is 0 Å². The summed E-state index contributed by atoms with van der Waals surface area (Å²) in [4.78, 5) is 16.2. The van der Waals surface area contributed by atoms with Crippen LogP contribution in [0.2, 0.25) is 0 Å². The van der Waals surface area contributed by atoms with Crippen molar-refractivity contribution < 1.29 is 9.76 Å². The molecule has 2 rings (SSSR count). The standard InChI is InChI=1S/C11H14N2O3/c1-8-10(13(14)15)11(12(2)16-8)9-6-4-3-5-7-9/h3-8,10-11H,1-2H3/t8-,10+,11-/m0/s1. The third-order valence-electron chi connectivity index (χ3n) is 2.91. The summed E-state index contributed by atoms with van der Waals surface area (Å²) in [5.74, 6) is 0. The van der Waals surface area contributed by atoms with Crippen molar-refractivity contribution in [3.63, 3.8) is 0 Å². The second kappa shape index (κ2) is 4.19. The maximum absolute atomic E-state index is 11.0. The molecule has 1 heterocycles. The van der Waals surface area contributed by atoms with Crippen molar-refractivity contribution in [1.82, 2.24) is 5.06 Å². The molecule has 5 nitrogen and oxygen atoms in total. The molecule has 0 amide bonds. The number of hydrogen-bond donors (Lipinski definition) is 0. The van der Waals surface area contributed by atoms with Gasteiger partial charge in [0, 0.05) is 12.0 Å². The number of rotatable bonds is 2. The first-order valence-electron chi connectivity index (χ1n) is 5.19. The third kappa shape index (κ3) is 1.79. The summed E-state index contributed by atoms with van der Waals surface area (Å²) < 4.78 is 0. The Kier molecular flexibility index (Phi) is 2.89. The summed E-state index contributed by atoms with van der Waals surface area (Å²) in [6, 6.07) is 8.40. The molecule has 1 aliphatic heterocycles. The van der Waals surface area contributed by atoms with Crippen LogP contribution in [0.4, 0.5) is 0 Å². The average molecular weight is 222 g/mol. The molecule has 1 saturated heterocycles. The molecule has 1 aliphatic rings. The SMILES string of the molecule is C[C@@H]1ON(C)[C@@H](c2ccccc2)[C@@H]1[N+](=O)[O-]. The molecular weight excluding hydrogens is 208 g/mol. The number of hydroxylamine groups is 2. The molecule has 0 spiro atoms. The molecule has 1 aromatic carbocycles. The van der Waals surface area contributed by atoms with Gasteiger partial charge in [-0.05, 0) is 12.5 Å². The van der Waals surface area contributed by atoms with E-state index >= 15 is 0 Å². The molecule has 0 aliphatic carbocycles. The van der Waals surface area contributed by atoms with E-state index in [1.165, 1.54) is 0 Å². The van der Waals surface area contributed by atoms with E-state index in [1.54, 1.807) is 19.0 Å². The van der Waals surface area contributed by atoms with Crippen LogP contribution in [0.1, 0.15) is 18.5 Å². The summed E-state index contributed by atoms with van der Waals surface area (Å²) in [6.07, 6.45) is -0.398. The minimum Gasteiger partial charge on any atom is -0.288 e. The second-order valence-electron chi connectivity index (χ2n) is 3.99. The largest absolute Gasteiger partial charge is 0.288 e. The molecular formula is C11H14N2O3. The maximum Gasteiger partial charge on any atom is 0.262 e. The first-order valence-corrected chi connectivity index (χ1v) is 5.19. The van der Waals surface area contributed by atoms with Gasteiger partial charge in [0.2, 0.25) is 0 Å². The van der Waals surface area contributed by atoms with Crippen molar-refractivity contribution in [1.29, 1.82) is 0 Å². The monoisotopic (exact) mass is 222 g/mol. The van der Waals surface area contributed by atoms with Gasteiger partial charge >= 0.3 is 0 Å². The fraction of sp³-hybridized carbons (Fsp3) is 0.455. The first-order chi connectivity index (χ1) is 7.61. The van der Waals surface area contributed by atoms with Crippen LogP contribution in [0.3, 0.4) is 0 Å². The zero-order valence-corrected chi connectivity index (χ0v) is 9.24. The minimum atomic E-state index is -0.715. The van der Waals surface area contributed by atoms with Crippen LogP contribution < -0.4 is 0 Å². The van der Waals surface area contributed by atoms with Crippen molar-refractivity contribution in [3.05, 3.63) is 46.0 Å². The quantitative estimate of drug-likeness (QED) is 0.564. The lowest BCUT2D eigenvalue weighted by Crippen LogP contribution is -2.33. The van der Waals surface area contributed by atoms with E-state index in [0.717, 1.165) is 5.56 Å². The Morgan fingerprint density at radius 3 is 2.56 bits per heavy atom. The summed E-state index contributed by atoms with van der Waals surface area (Å²) in [5.41, 5.74) is 0.913. The molecule has 0 N–H and O–H groups in total. The average Bonchev–Trinajstić information content (AvgIpc) is 2.55. The number of benzene rings is 1. The normalized spacial score (nSPS) is 30.5. The van der Waals surface area contributed by atoms with Crippen LogP contribution in [0.5, 0.6) is 0 Å². The van der Waals surface area contributed by atoms with E-state index in [4.69, 9.17) is 4.84 Å². The van der Waals surface area contributed by atoms with Gasteiger partial charge in [-0.25, -0.2) is 0 Å². The Bertz CT molecular complexity index is 382. The molecule has 3 atom stereocenters. The molecule has 0 radical (unpaired) electrons. The second-order valence-corrected chi connectivity index (χ2v) is 3.99. The zero-order chi connectivity index (χ0) is 11.7. The summed E-state index contributed by atoms with van der Waals surface area (Å²) >= 11 is 0. The minimum absolute atomic E-state index is 0.258. The Labute approximate surface area is 93.7 Å². The van der Waals surface area contributed by atoms with E-state index in [2.05, 4.69) is 0 Å². The van der Waals surface area contributed by atoms with E-state index in [1.807, 2.05) is 30.3 Å². The lowest BCUT2D eigenvalue weighted by molar-refractivity contribution is -0.529. The summed E-state index contributed by atoms with van der Waals surface area (Å²) in [7, 11) is 1.73. The predicted molar refractivity (Wildman–Crippen MR) is 58.3 cm³/mol. The van der Waals surface area contributed by atoms with Gasteiger partial charge in [0.25, 0.3) is 6.04 Å². The van der Waals surface area contributed by atoms with Crippen molar-refractivity contribution in [3.8, 4) is 0 Å². The fourth-order valence-electron chi connectivity index (χ4n) is 2.21. The smallest absolute Gasteiger partial charge is 0.262 e. The highest BCUT2D eigenvalue weighted by atomic mass is 16.7. The molecule has 5 heteroatoms. The van der Waals surface area contributed by atoms with Crippen LogP contribution in [0.15, 0.2) is 30.3 Å². The molecule has 0 bridgehead atoms. The highest BCUT2D eigenvalue weighted by Gasteiger charge is 2.48. The molecule has 1 fully saturated rings. The van der Waals surface area contributed by atoms with Gasteiger partial charge in [0.1, 0.15) is 12.1 Å². The molecule has 16 heavy (non-hydrogen) atoms. The van der Waals surface area contributed by atoms with Gasteiger partial charge in [-0.2, -0.15) is 5.06 Å². The number of nitrogens with zero attached hydrogens (tertiary/aromatic N) is 2. The zero-order valence-electron chi connectivity index (χ0n) is 9.24. The van der Waals surface area contributed by atoms with Crippen molar-refractivity contribution >= 4 is 0 Å². The van der Waals surface area contributed by atoms with Crippen LogP contribution in [-0.4, -0.2) is 29.2 Å². The van der Waals surface area contributed by atoms with Gasteiger partial charge in [0.05, 0.1) is 0 Å². The Morgan fingerprint density at radius 2 is 2.00 bits per heavy atom. The van der Waals surface area contributed by atoms with E-state index in [-0.39, 0.29) is 11.0 Å². The van der Waals surface area contributed by atoms with Crippen molar-refractivity contribution in [2.45, 2.75) is 25.1 Å². The first kappa shape index (κ1) is 11.0. The topological polar surface area (TPSA) is 55.6 Å². The predicted octanol–water partition coefficient (Wildman–Crippen LogP) is 1.64. The summed E-state index contributed by atoms with van der Waals surface area (Å²) in [6.45, 7) is 1.73. The Morgan fingerprint density at radius 1 is 1.38 bits per heavy atom. The van der Waals surface area contributed by atoms with Gasteiger partial charge in [-0.15, -0.1) is 0 Å². The van der Waals surface area contributed by atoms with Gasteiger partial charge < -0.3 is 0 Å². The molecule has 0 unspecified atom stereocenters. The van der Waals surface area contributed by atoms with E-state index < -0.39 is 12.1 Å². The fourth-order valence-corrected chi connectivity index (χ4v) is 2.21. The summed E-state index contributed by atoms with van der Waals surface area (Å²) in [5, 5.41) is 12.6. The van der Waals surface area contributed by atoms with Crippen LogP contribution in [-0.2, 0) is 4.84 Å². The van der Waals surface area contributed by atoms with Crippen molar-refractivity contribution in [2.24, 2.45) is 0 Å².